The van der Waals surface area contributed by atoms with Crippen LogP contribution in [0.3, 0.4) is 0 Å². The molecule has 1 aromatic rings. The molecule has 1 amide bonds. The van der Waals surface area contributed by atoms with Gasteiger partial charge in [0, 0.05) is 24.4 Å². The van der Waals surface area contributed by atoms with E-state index < -0.39 is 9.84 Å². The Morgan fingerprint density at radius 3 is 2.74 bits per heavy atom. The van der Waals surface area contributed by atoms with Gasteiger partial charge in [-0.1, -0.05) is 18.2 Å². The van der Waals surface area contributed by atoms with Crippen LogP contribution in [0, 0.1) is 0 Å². The highest BCUT2D eigenvalue weighted by atomic mass is 32.2. The zero-order chi connectivity index (χ0) is 14.0. The van der Waals surface area contributed by atoms with Crippen LogP contribution in [0.25, 0.3) is 0 Å². The van der Waals surface area contributed by atoms with Gasteiger partial charge in [-0.15, -0.1) is 0 Å². The van der Waals surface area contributed by atoms with Gasteiger partial charge in [-0.2, -0.15) is 0 Å². The first-order valence-electron chi connectivity index (χ1n) is 6.46. The van der Waals surface area contributed by atoms with Gasteiger partial charge in [0.15, 0.2) is 0 Å². The molecule has 0 N–H and O–H groups in total. The number of hydrogen-bond donors (Lipinski definition) is 0. The maximum Gasteiger partial charge on any atom is 0.227 e. The summed E-state index contributed by atoms with van der Waals surface area (Å²) >= 11 is 0. The summed E-state index contributed by atoms with van der Waals surface area (Å²) in [7, 11) is -2.99. The molecule has 4 nitrogen and oxygen atoms in total. The van der Waals surface area contributed by atoms with E-state index in [-0.39, 0.29) is 24.1 Å². The molecule has 0 saturated carbocycles. The van der Waals surface area contributed by atoms with Gasteiger partial charge < -0.3 is 4.90 Å². The number of fused-ring (bicyclic) bond motifs is 1. The molecule has 1 heterocycles. The zero-order valence-electron chi connectivity index (χ0n) is 11.3. The minimum absolute atomic E-state index is 0.0149. The van der Waals surface area contributed by atoms with Crippen molar-refractivity contribution in [3.63, 3.8) is 0 Å². The molecule has 0 saturated heterocycles. The summed E-state index contributed by atoms with van der Waals surface area (Å²) in [5, 5.41) is 0. The Labute approximate surface area is 114 Å². The van der Waals surface area contributed by atoms with Gasteiger partial charge in [-0.25, -0.2) is 8.42 Å². The lowest BCUT2D eigenvalue weighted by molar-refractivity contribution is -0.118. The second-order valence-electron chi connectivity index (χ2n) is 5.18. The summed E-state index contributed by atoms with van der Waals surface area (Å²) in [5.74, 6) is 0.0869. The maximum atomic E-state index is 12.2. The highest BCUT2D eigenvalue weighted by molar-refractivity contribution is 7.90. The van der Waals surface area contributed by atoms with Crippen LogP contribution >= 0.6 is 0 Å². The molecule has 2 rings (SSSR count). The fourth-order valence-corrected chi connectivity index (χ4v) is 3.22. The fraction of sp³-hybridized carbons (Fsp3) is 0.500. The van der Waals surface area contributed by atoms with Crippen LogP contribution in [0.15, 0.2) is 24.3 Å². The van der Waals surface area contributed by atoms with Gasteiger partial charge in [0.2, 0.25) is 5.91 Å². The average Bonchev–Trinajstić information content (AvgIpc) is 2.63. The van der Waals surface area contributed by atoms with Gasteiger partial charge in [-0.3, -0.25) is 4.79 Å². The monoisotopic (exact) mass is 281 g/mol. The lowest BCUT2D eigenvalue weighted by atomic mass is 10.1. The first kappa shape index (κ1) is 14.1. The molecule has 1 aliphatic heterocycles. The summed E-state index contributed by atoms with van der Waals surface area (Å²) < 4.78 is 22.1. The summed E-state index contributed by atoms with van der Waals surface area (Å²) in [4.78, 5) is 14.0. The van der Waals surface area contributed by atoms with Crippen LogP contribution in [0.2, 0.25) is 0 Å². The van der Waals surface area contributed by atoms with Crippen molar-refractivity contribution in [2.75, 3.05) is 16.9 Å². The van der Waals surface area contributed by atoms with Crippen molar-refractivity contribution in [1.29, 1.82) is 0 Å². The molecular formula is C14H19NO3S. The predicted molar refractivity (Wildman–Crippen MR) is 76.0 cm³/mol. The topological polar surface area (TPSA) is 54.5 Å². The Hall–Kier alpha value is -1.36. The van der Waals surface area contributed by atoms with Gasteiger partial charge >= 0.3 is 0 Å². The second-order valence-corrected chi connectivity index (χ2v) is 7.44. The molecule has 0 fully saturated rings. The number of para-hydroxylation sites is 1. The standard InChI is InChI=1S/C14H19NO3S/c1-11-10-12-6-3-4-7-13(12)15(11)14(16)8-5-9-19(2,17)18/h3-4,6-7,11H,5,8-10H2,1-2H3. The molecule has 1 aromatic carbocycles. The third-order valence-corrected chi connectivity index (χ3v) is 4.41. The number of carbonyl (C=O) groups excluding carboxylic acids is 1. The van der Waals surface area contributed by atoms with Crippen molar-refractivity contribution in [3.8, 4) is 0 Å². The van der Waals surface area contributed by atoms with Crippen molar-refractivity contribution in [3.05, 3.63) is 29.8 Å². The largest absolute Gasteiger partial charge is 0.309 e. The van der Waals surface area contributed by atoms with E-state index in [1.54, 1.807) is 4.90 Å². The molecule has 1 aliphatic rings. The van der Waals surface area contributed by atoms with E-state index >= 15 is 0 Å². The molecule has 1 unspecified atom stereocenters. The van der Waals surface area contributed by atoms with E-state index in [1.807, 2.05) is 31.2 Å². The van der Waals surface area contributed by atoms with Gasteiger partial charge in [0.25, 0.3) is 0 Å². The summed E-state index contributed by atoms with van der Waals surface area (Å²) in [6, 6.07) is 8.04. The molecule has 5 heteroatoms. The van der Waals surface area contributed by atoms with Gasteiger partial charge in [0.05, 0.1) is 5.75 Å². The summed E-state index contributed by atoms with van der Waals surface area (Å²) in [6.45, 7) is 2.02. The van der Waals surface area contributed by atoms with Crippen LogP contribution in [0.4, 0.5) is 5.69 Å². The fourth-order valence-electron chi connectivity index (χ4n) is 2.55. The molecule has 19 heavy (non-hydrogen) atoms. The summed E-state index contributed by atoms with van der Waals surface area (Å²) in [5.41, 5.74) is 2.16. The van der Waals surface area contributed by atoms with E-state index in [4.69, 9.17) is 0 Å². The predicted octanol–water partition coefficient (Wildman–Crippen LogP) is 1.79. The maximum absolute atomic E-state index is 12.2. The first-order chi connectivity index (χ1) is 8.88. The van der Waals surface area contributed by atoms with Crippen molar-refractivity contribution in [2.45, 2.75) is 32.2 Å². The van der Waals surface area contributed by atoms with E-state index in [2.05, 4.69) is 0 Å². The highest BCUT2D eigenvalue weighted by Gasteiger charge is 2.29. The number of anilines is 1. The van der Waals surface area contributed by atoms with Crippen molar-refractivity contribution >= 4 is 21.4 Å². The van der Waals surface area contributed by atoms with E-state index in [0.29, 0.717) is 6.42 Å². The Morgan fingerprint density at radius 2 is 2.05 bits per heavy atom. The molecule has 1 atom stereocenters. The van der Waals surface area contributed by atoms with Crippen LogP contribution < -0.4 is 4.90 Å². The van der Waals surface area contributed by atoms with Crippen molar-refractivity contribution in [2.24, 2.45) is 0 Å². The normalized spacial score (nSPS) is 18.4. The van der Waals surface area contributed by atoms with Gasteiger partial charge in [0.1, 0.15) is 9.84 Å². The average molecular weight is 281 g/mol. The lowest BCUT2D eigenvalue weighted by Crippen LogP contribution is -2.35. The molecule has 104 valence electrons. The zero-order valence-corrected chi connectivity index (χ0v) is 12.1. The number of benzene rings is 1. The minimum Gasteiger partial charge on any atom is -0.309 e. The Morgan fingerprint density at radius 1 is 1.37 bits per heavy atom. The van der Waals surface area contributed by atoms with Crippen LogP contribution in [0.5, 0.6) is 0 Å². The molecule has 0 spiro atoms. The van der Waals surface area contributed by atoms with E-state index in [9.17, 15) is 13.2 Å². The SMILES string of the molecule is CC1Cc2ccccc2N1C(=O)CCCS(C)(=O)=O. The number of hydrogen-bond acceptors (Lipinski definition) is 3. The molecular weight excluding hydrogens is 262 g/mol. The smallest absolute Gasteiger partial charge is 0.227 e. The van der Waals surface area contributed by atoms with E-state index in [0.717, 1.165) is 12.1 Å². The molecule has 0 aliphatic carbocycles. The molecule has 0 radical (unpaired) electrons. The minimum atomic E-state index is -2.99. The Kier molecular flexibility index (Phi) is 3.94. The number of carbonyl (C=O) groups is 1. The van der Waals surface area contributed by atoms with Crippen molar-refractivity contribution < 1.29 is 13.2 Å². The van der Waals surface area contributed by atoms with E-state index in [1.165, 1.54) is 11.8 Å². The third kappa shape index (κ3) is 3.35. The second kappa shape index (κ2) is 5.33. The van der Waals surface area contributed by atoms with Crippen LogP contribution in [-0.2, 0) is 21.1 Å². The number of rotatable bonds is 4. The molecule has 0 aromatic heterocycles. The quantitative estimate of drug-likeness (QED) is 0.845. The molecule has 0 bridgehead atoms. The summed E-state index contributed by atoms with van der Waals surface area (Å²) in [6.07, 6.45) is 2.74. The Balaban J connectivity index is 2.04. The third-order valence-electron chi connectivity index (χ3n) is 3.38. The van der Waals surface area contributed by atoms with Crippen LogP contribution in [-0.4, -0.2) is 32.4 Å². The van der Waals surface area contributed by atoms with Crippen LogP contribution in [0.1, 0.15) is 25.3 Å². The van der Waals surface area contributed by atoms with Crippen molar-refractivity contribution in [1.82, 2.24) is 0 Å². The Bertz CT molecular complexity index is 580. The van der Waals surface area contributed by atoms with Gasteiger partial charge in [-0.05, 0) is 31.4 Å². The number of amides is 1. The number of sulfone groups is 1. The number of nitrogens with zero attached hydrogens (tertiary/aromatic N) is 1. The highest BCUT2D eigenvalue weighted by Crippen LogP contribution is 2.32. The lowest BCUT2D eigenvalue weighted by Gasteiger charge is -2.22. The first-order valence-corrected chi connectivity index (χ1v) is 8.52.